The first-order valence-electron chi connectivity index (χ1n) is 8.25. The summed E-state index contributed by atoms with van der Waals surface area (Å²) in [6, 6.07) is 9.41. The number of rotatable bonds is 2. The van der Waals surface area contributed by atoms with Gasteiger partial charge in [-0.1, -0.05) is 29.8 Å². The quantitative estimate of drug-likeness (QED) is 0.906. The maximum Gasteiger partial charge on any atom is 0.226 e. The molecule has 0 saturated carbocycles. The van der Waals surface area contributed by atoms with Gasteiger partial charge in [0.15, 0.2) is 0 Å². The Bertz CT molecular complexity index is 514. The van der Waals surface area contributed by atoms with E-state index in [0.717, 1.165) is 38.8 Å². The molecule has 0 aliphatic carbocycles. The number of piperidine rings is 1. The van der Waals surface area contributed by atoms with Gasteiger partial charge >= 0.3 is 0 Å². The fourth-order valence-electron chi connectivity index (χ4n) is 3.85. The van der Waals surface area contributed by atoms with Crippen LogP contribution in [0.1, 0.15) is 49.8 Å². The zero-order chi connectivity index (χ0) is 14.8. The van der Waals surface area contributed by atoms with Gasteiger partial charge < -0.3 is 10.2 Å². The van der Waals surface area contributed by atoms with Crippen LogP contribution in [-0.4, -0.2) is 29.9 Å². The van der Waals surface area contributed by atoms with Crippen molar-refractivity contribution in [3.05, 3.63) is 35.4 Å². The van der Waals surface area contributed by atoms with Crippen LogP contribution in [-0.2, 0) is 4.79 Å². The van der Waals surface area contributed by atoms with Crippen LogP contribution in [0.25, 0.3) is 0 Å². The van der Waals surface area contributed by atoms with Crippen LogP contribution in [0, 0.1) is 12.8 Å². The monoisotopic (exact) mass is 286 g/mol. The number of amides is 1. The van der Waals surface area contributed by atoms with Gasteiger partial charge in [-0.2, -0.15) is 0 Å². The summed E-state index contributed by atoms with van der Waals surface area (Å²) < 4.78 is 0. The zero-order valence-corrected chi connectivity index (χ0v) is 13.1. The van der Waals surface area contributed by atoms with Gasteiger partial charge in [-0.3, -0.25) is 4.79 Å². The highest BCUT2D eigenvalue weighted by Gasteiger charge is 2.35. The smallest absolute Gasteiger partial charge is 0.226 e. The highest BCUT2D eigenvalue weighted by Crippen LogP contribution is 2.34. The van der Waals surface area contributed by atoms with E-state index < -0.39 is 0 Å². The zero-order valence-electron chi connectivity index (χ0n) is 13.1. The molecular formula is C18H26N2O. The third-order valence-electron chi connectivity index (χ3n) is 4.94. The SMILES string of the molecule is Cc1cccc(C2CCCN2C(=O)[C@H]2CCN[C@@H](C)C2)c1. The Hall–Kier alpha value is -1.35. The van der Waals surface area contributed by atoms with Crippen molar-refractivity contribution in [2.45, 2.75) is 51.6 Å². The van der Waals surface area contributed by atoms with Gasteiger partial charge in [0.1, 0.15) is 0 Å². The Morgan fingerprint density at radius 2 is 2.19 bits per heavy atom. The number of hydrogen-bond donors (Lipinski definition) is 1. The molecule has 1 aromatic rings. The Labute approximate surface area is 127 Å². The first-order valence-corrected chi connectivity index (χ1v) is 8.25. The van der Waals surface area contributed by atoms with Gasteiger partial charge in [0.05, 0.1) is 6.04 Å². The molecule has 2 aliphatic rings. The summed E-state index contributed by atoms with van der Waals surface area (Å²) in [5.74, 6) is 0.596. The summed E-state index contributed by atoms with van der Waals surface area (Å²) in [5, 5.41) is 3.44. The fourth-order valence-corrected chi connectivity index (χ4v) is 3.85. The largest absolute Gasteiger partial charge is 0.335 e. The van der Waals surface area contributed by atoms with E-state index in [2.05, 4.69) is 48.3 Å². The predicted octanol–water partition coefficient (Wildman–Crippen LogP) is 3.05. The fraction of sp³-hybridized carbons (Fsp3) is 0.611. The molecular weight excluding hydrogens is 260 g/mol. The Morgan fingerprint density at radius 1 is 1.33 bits per heavy atom. The van der Waals surface area contributed by atoms with E-state index >= 15 is 0 Å². The first kappa shape index (κ1) is 14.6. The number of aryl methyl sites for hydroxylation is 1. The molecule has 1 N–H and O–H groups in total. The van der Waals surface area contributed by atoms with Crippen molar-refractivity contribution in [2.24, 2.45) is 5.92 Å². The summed E-state index contributed by atoms with van der Waals surface area (Å²) in [6.07, 6.45) is 4.21. The molecule has 3 atom stereocenters. The molecule has 1 amide bonds. The Balaban J connectivity index is 1.75. The third kappa shape index (κ3) is 3.13. The summed E-state index contributed by atoms with van der Waals surface area (Å²) in [5.41, 5.74) is 2.59. The van der Waals surface area contributed by atoms with E-state index in [1.807, 2.05) is 0 Å². The maximum atomic E-state index is 12.9. The van der Waals surface area contributed by atoms with Gasteiger partial charge in [-0.25, -0.2) is 0 Å². The van der Waals surface area contributed by atoms with E-state index in [9.17, 15) is 4.79 Å². The molecule has 0 radical (unpaired) electrons. The Kier molecular flexibility index (Phi) is 4.29. The van der Waals surface area contributed by atoms with Crippen molar-refractivity contribution in [1.82, 2.24) is 10.2 Å². The number of carbonyl (C=O) groups is 1. The topological polar surface area (TPSA) is 32.3 Å². The second-order valence-electron chi connectivity index (χ2n) is 6.68. The summed E-state index contributed by atoms with van der Waals surface area (Å²) in [6.45, 7) is 6.21. The van der Waals surface area contributed by atoms with Crippen molar-refractivity contribution in [2.75, 3.05) is 13.1 Å². The van der Waals surface area contributed by atoms with Crippen LogP contribution >= 0.6 is 0 Å². The van der Waals surface area contributed by atoms with E-state index in [1.54, 1.807) is 0 Å². The van der Waals surface area contributed by atoms with Crippen molar-refractivity contribution >= 4 is 5.91 Å². The first-order chi connectivity index (χ1) is 10.1. The lowest BCUT2D eigenvalue weighted by Gasteiger charge is -2.33. The lowest BCUT2D eigenvalue weighted by Crippen LogP contribution is -2.44. The lowest BCUT2D eigenvalue weighted by molar-refractivity contribution is -0.137. The van der Waals surface area contributed by atoms with E-state index in [4.69, 9.17) is 0 Å². The number of likely N-dealkylation sites (tertiary alicyclic amines) is 1. The summed E-state index contributed by atoms with van der Waals surface area (Å²) >= 11 is 0. The lowest BCUT2D eigenvalue weighted by atomic mass is 9.91. The van der Waals surface area contributed by atoms with Crippen molar-refractivity contribution in [3.63, 3.8) is 0 Å². The van der Waals surface area contributed by atoms with Gasteiger partial charge in [-0.15, -0.1) is 0 Å². The van der Waals surface area contributed by atoms with Crippen LogP contribution in [0.5, 0.6) is 0 Å². The highest BCUT2D eigenvalue weighted by molar-refractivity contribution is 5.79. The standard InChI is InChI=1S/C18H26N2O/c1-13-5-3-6-15(11-13)17-7-4-10-20(17)18(21)16-8-9-19-14(2)12-16/h3,5-6,11,14,16-17,19H,4,7-10,12H2,1-2H3/t14-,16-,17?/m0/s1. The molecule has 21 heavy (non-hydrogen) atoms. The second kappa shape index (κ2) is 6.18. The summed E-state index contributed by atoms with van der Waals surface area (Å²) in [4.78, 5) is 15.1. The van der Waals surface area contributed by atoms with Gasteiger partial charge in [0, 0.05) is 18.5 Å². The van der Waals surface area contributed by atoms with E-state index in [1.165, 1.54) is 11.1 Å². The van der Waals surface area contributed by atoms with Gasteiger partial charge in [0.25, 0.3) is 0 Å². The molecule has 2 aliphatic heterocycles. The van der Waals surface area contributed by atoms with Crippen LogP contribution in [0.3, 0.4) is 0 Å². The van der Waals surface area contributed by atoms with Gasteiger partial charge in [-0.05, 0) is 51.6 Å². The highest BCUT2D eigenvalue weighted by atomic mass is 16.2. The minimum atomic E-state index is 0.214. The molecule has 1 unspecified atom stereocenters. The molecule has 0 spiro atoms. The molecule has 0 bridgehead atoms. The molecule has 3 nitrogen and oxygen atoms in total. The summed E-state index contributed by atoms with van der Waals surface area (Å²) in [7, 11) is 0. The van der Waals surface area contributed by atoms with Crippen LogP contribution < -0.4 is 5.32 Å². The minimum absolute atomic E-state index is 0.214. The molecule has 1 aromatic carbocycles. The average molecular weight is 286 g/mol. The molecule has 2 heterocycles. The molecule has 2 fully saturated rings. The second-order valence-corrected chi connectivity index (χ2v) is 6.68. The van der Waals surface area contributed by atoms with Crippen LogP contribution in [0.15, 0.2) is 24.3 Å². The van der Waals surface area contributed by atoms with Crippen LogP contribution in [0.2, 0.25) is 0 Å². The predicted molar refractivity (Wildman–Crippen MR) is 85.1 cm³/mol. The average Bonchev–Trinajstić information content (AvgIpc) is 2.96. The van der Waals surface area contributed by atoms with Crippen LogP contribution in [0.4, 0.5) is 0 Å². The normalized spacial score (nSPS) is 29.6. The number of carbonyl (C=O) groups excluding carboxylic acids is 1. The molecule has 114 valence electrons. The molecule has 3 heteroatoms. The van der Waals surface area contributed by atoms with E-state index in [0.29, 0.717) is 18.0 Å². The van der Waals surface area contributed by atoms with E-state index in [-0.39, 0.29) is 5.92 Å². The minimum Gasteiger partial charge on any atom is -0.335 e. The third-order valence-corrected chi connectivity index (χ3v) is 4.94. The molecule has 2 saturated heterocycles. The molecule has 0 aromatic heterocycles. The van der Waals surface area contributed by atoms with Gasteiger partial charge in [0.2, 0.25) is 5.91 Å². The van der Waals surface area contributed by atoms with Crippen molar-refractivity contribution in [3.8, 4) is 0 Å². The van der Waals surface area contributed by atoms with Crippen molar-refractivity contribution in [1.29, 1.82) is 0 Å². The number of hydrogen-bond acceptors (Lipinski definition) is 2. The number of nitrogens with zero attached hydrogens (tertiary/aromatic N) is 1. The molecule has 3 rings (SSSR count). The number of benzene rings is 1. The maximum absolute atomic E-state index is 12.9. The van der Waals surface area contributed by atoms with Crippen molar-refractivity contribution < 1.29 is 4.79 Å². The number of nitrogens with one attached hydrogen (secondary N) is 1. The Morgan fingerprint density at radius 3 is 2.95 bits per heavy atom.